The SMILES string of the molecule is N=Nc1ccc(/N=N/c2cccc[n+]2I)cc1. The molecule has 0 unspecified atom stereocenters. The highest BCUT2D eigenvalue weighted by molar-refractivity contribution is 14.1. The molecular weight excluding hydrogens is 329 g/mol. The standard InChI is InChI=1S/C11H9IN5/c12-17-8-2-1-3-11(17)16-15-10-6-4-9(14-13)5-7-10/h1-8,13H/q+1. The fourth-order valence-electron chi connectivity index (χ4n) is 1.19. The number of nitrogens with one attached hydrogen (secondary N) is 1. The zero-order chi connectivity index (χ0) is 12.1. The molecule has 2 aromatic rings. The van der Waals surface area contributed by atoms with Crippen LogP contribution in [0.2, 0.25) is 0 Å². The van der Waals surface area contributed by atoms with Crippen molar-refractivity contribution >= 4 is 40.1 Å². The van der Waals surface area contributed by atoms with Crippen molar-refractivity contribution < 1.29 is 2.78 Å². The van der Waals surface area contributed by atoms with Gasteiger partial charge in [-0.15, -0.1) is 0 Å². The van der Waals surface area contributed by atoms with Crippen molar-refractivity contribution in [3.8, 4) is 0 Å². The molecule has 5 nitrogen and oxygen atoms in total. The molecule has 0 amide bonds. The van der Waals surface area contributed by atoms with Crippen LogP contribution in [0.15, 0.2) is 64.0 Å². The number of halogens is 1. The molecule has 6 heteroatoms. The summed E-state index contributed by atoms with van der Waals surface area (Å²) < 4.78 is 1.86. The van der Waals surface area contributed by atoms with Crippen LogP contribution in [0.3, 0.4) is 0 Å². The van der Waals surface area contributed by atoms with Gasteiger partial charge in [-0.05, 0) is 35.4 Å². The van der Waals surface area contributed by atoms with E-state index < -0.39 is 0 Å². The maximum absolute atomic E-state index is 6.85. The quantitative estimate of drug-likeness (QED) is 0.642. The van der Waals surface area contributed by atoms with E-state index in [2.05, 4.69) is 38.2 Å². The van der Waals surface area contributed by atoms with Gasteiger partial charge in [0.1, 0.15) is 11.9 Å². The summed E-state index contributed by atoms with van der Waals surface area (Å²) in [6, 6.07) is 12.7. The number of pyridine rings is 1. The topological polar surface area (TPSA) is 64.8 Å². The first-order valence-corrected chi connectivity index (χ1v) is 5.82. The lowest BCUT2D eigenvalue weighted by atomic mass is 10.3. The molecule has 0 radical (unpaired) electrons. The molecule has 2 rings (SSSR count). The summed E-state index contributed by atoms with van der Waals surface area (Å²) in [6.07, 6.45) is 1.90. The zero-order valence-corrected chi connectivity index (χ0v) is 10.9. The van der Waals surface area contributed by atoms with E-state index in [9.17, 15) is 0 Å². The lowest BCUT2D eigenvalue weighted by Gasteiger charge is -1.90. The maximum atomic E-state index is 6.85. The van der Waals surface area contributed by atoms with E-state index in [1.165, 1.54) is 0 Å². The van der Waals surface area contributed by atoms with E-state index in [-0.39, 0.29) is 0 Å². The van der Waals surface area contributed by atoms with E-state index >= 15 is 0 Å². The number of benzene rings is 1. The predicted octanol–water partition coefficient (Wildman–Crippen LogP) is 4.25. The van der Waals surface area contributed by atoms with E-state index in [1.54, 1.807) is 24.3 Å². The van der Waals surface area contributed by atoms with Crippen LogP contribution in [0.25, 0.3) is 0 Å². The van der Waals surface area contributed by atoms with Gasteiger partial charge in [-0.25, -0.2) is 5.53 Å². The van der Waals surface area contributed by atoms with Crippen molar-refractivity contribution in [3.05, 3.63) is 48.7 Å². The number of hydrogen-bond donors (Lipinski definition) is 1. The lowest BCUT2D eigenvalue weighted by Crippen LogP contribution is -2.17. The van der Waals surface area contributed by atoms with Gasteiger partial charge in [0.05, 0.1) is 10.8 Å². The Kier molecular flexibility index (Phi) is 3.86. The average Bonchev–Trinajstić information content (AvgIpc) is 2.38. The van der Waals surface area contributed by atoms with Crippen molar-refractivity contribution in [1.82, 2.24) is 0 Å². The van der Waals surface area contributed by atoms with Crippen LogP contribution in [-0.2, 0) is 0 Å². The van der Waals surface area contributed by atoms with Crippen molar-refractivity contribution in [1.29, 1.82) is 5.53 Å². The number of aromatic nitrogens is 1. The van der Waals surface area contributed by atoms with E-state index in [0.717, 1.165) is 11.5 Å². The maximum Gasteiger partial charge on any atom is 0.359 e. The molecule has 0 spiro atoms. The molecule has 1 N–H and O–H groups in total. The third-order valence-corrected chi connectivity index (χ3v) is 2.85. The van der Waals surface area contributed by atoms with Crippen LogP contribution in [0.5, 0.6) is 0 Å². The van der Waals surface area contributed by atoms with Crippen LogP contribution in [0, 0.1) is 5.53 Å². The highest BCUT2D eigenvalue weighted by Crippen LogP contribution is 2.20. The molecule has 1 aromatic carbocycles. The number of azo groups is 1. The molecule has 0 atom stereocenters. The Labute approximate surface area is 112 Å². The fourth-order valence-corrected chi connectivity index (χ4v) is 1.64. The predicted molar refractivity (Wildman–Crippen MR) is 71.5 cm³/mol. The summed E-state index contributed by atoms with van der Waals surface area (Å²) in [5.41, 5.74) is 8.18. The van der Waals surface area contributed by atoms with Gasteiger partial charge in [0.15, 0.2) is 0 Å². The van der Waals surface area contributed by atoms with Crippen LogP contribution in [-0.4, -0.2) is 0 Å². The highest BCUT2D eigenvalue weighted by atomic mass is 127. The van der Waals surface area contributed by atoms with Gasteiger partial charge in [0.2, 0.25) is 22.9 Å². The Hall–Kier alpha value is -1.70. The molecule has 0 aliphatic heterocycles. The Morgan fingerprint density at radius 3 is 2.29 bits per heavy atom. The lowest BCUT2D eigenvalue weighted by molar-refractivity contribution is -0.425. The number of nitrogens with zero attached hydrogens (tertiary/aromatic N) is 4. The second-order valence-electron chi connectivity index (χ2n) is 3.20. The van der Waals surface area contributed by atoms with Crippen molar-refractivity contribution in [2.24, 2.45) is 15.3 Å². The molecule has 1 heterocycles. The Morgan fingerprint density at radius 2 is 1.65 bits per heavy atom. The van der Waals surface area contributed by atoms with Gasteiger partial charge in [0.25, 0.3) is 0 Å². The summed E-state index contributed by atoms with van der Waals surface area (Å²) >= 11 is 2.14. The molecule has 0 aliphatic carbocycles. The van der Waals surface area contributed by atoms with Crippen LogP contribution < -0.4 is 2.78 Å². The van der Waals surface area contributed by atoms with Gasteiger partial charge >= 0.3 is 5.82 Å². The van der Waals surface area contributed by atoms with E-state index in [0.29, 0.717) is 5.69 Å². The zero-order valence-electron chi connectivity index (χ0n) is 8.79. The van der Waals surface area contributed by atoms with Gasteiger partial charge in [-0.2, -0.15) is 7.89 Å². The molecule has 0 aliphatic rings. The van der Waals surface area contributed by atoms with Crippen molar-refractivity contribution in [2.75, 3.05) is 0 Å². The monoisotopic (exact) mass is 338 g/mol. The minimum Gasteiger partial charge on any atom is -0.204 e. The van der Waals surface area contributed by atoms with Gasteiger partial charge in [0, 0.05) is 6.07 Å². The minimum atomic E-state index is 0.604. The first-order valence-electron chi connectivity index (χ1n) is 4.86. The molecular formula is C11H9IN5+. The third-order valence-electron chi connectivity index (χ3n) is 2.04. The Morgan fingerprint density at radius 1 is 0.941 bits per heavy atom. The smallest absolute Gasteiger partial charge is 0.204 e. The average molecular weight is 338 g/mol. The summed E-state index contributed by atoms with van der Waals surface area (Å²) in [5.74, 6) is 0.766. The molecule has 0 saturated carbocycles. The second kappa shape index (κ2) is 5.58. The summed E-state index contributed by atoms with van der Waals surface area (Å²) in [4.78, 5) is 0. The Bertz CT molecular complexity index is 550. The molecule has 0 saturated heterocycles. The largest absolute Gasteiger partial charge is 0.359 e. The van der Waals surface area contributed by atoms with E-state index in [1.807, 2.05) is 27.2 Å². The number of hydrogen-bond acceptors (Lipinski definition) is 4. The Balaban J connectivity index is 2.20. The van der Waals surface area contributed by atoms with Crippen LogP contribution in [0.1, 0.15) is 0 Å². The second-order valence-corrected chi connectivity index (χ2v) is 4.24. The first-order chi connectivity index (χ1) is 8.29. The van der Waals surface area contributed by atoms with Gasteiger partial charge < -0.3 is 0 Å². The molecule has 0 bridgehead atoms. The highest BCUT2D eigenvalue weighted by Gasteiger charge is 2.05. The van der Waals surface area contributed by atoms with Crippen molar-refractivity contribution in [3.63, 3.8) is 0 Å². The van der Waals surface area contributed by atoms with E-state index in [4.69, 9.17) is 5.53 Å². The minimum absolute atomic E-state index is 0.604. The van der Waals surface area contributed by atoms with Crippen LogP contribution >= 0.6 is 22.9 Å². The molecule has 0 fully saturated rings. The summed E-state index contributed by atoms with van der Waals surface area (Å²) in [7, 11) is 0. The normalized spacial score (nSPS) is 10.6. The summed E-state index contributed by atoms with van der Waals surface area (Å²) in [6.45, 7) is 0. The first kappa shape index (κ1) is 11.8. The van der Waals surface area contributed by atoms with Crippen LogP contribution in [0.4, 0.5) is 17.2 Å². The third kappa shape index (κ3) is 3.13. The number of rotatable bonds is 3. The summed E-state index contributed by atoms with van der Waals surface area (Å²) in [5, 5.41) is 11.6. The van der Waals surface area contributed by atoms with Gasteiger partial charge in [-0.3, -0.25) is 0 Å². The molecule has 84 valence electrons. The van der Waals surface area contributed by atoms with Crippen molar-refractivity contribution in [2.45, 2.75) is 0 Å². The molecule has 17 heavy (non-hydrogen) atoms. The molecule has 1 aromatic heterocycles. The van der Waals surface area contributed by atoms with Gasteiger partial charge in [-0.1, -0.05) is 6.07 Å². The fraction of sp³-hybridized carbons (Fsp3) is 0.